The first kappa shape index (κ1) is 12.6. The smallest absolute Gasteiger partial charge is 0.0478 e. The second kappa shape index (κ2) is 5.67. The first-order chi connectivity index (χ1) is 8.18. The van der Waals surface area contributed by atoms with E-state index in [2.05, 4.69) is 17.9 Å². The van der Waals surface area contributed by atoms with E-state index in [1.807, 2.05) is 42.5 Å². The molecule has 0 spiro atoms. The fraction of sp³-hybridized carbons (Fsp3) is 0.0769. The highest BCUT2D eigenvalue weighted by atomic mass is 35.5. The Morgan fingerprint density at radius 3 is 2.24 bits per heavy atom. The van der Waals surface area contributed by atoms with Crippen LogP contribution in [-0.2, 0) is 6.54 Å². The van der Waals surface area contributed by atoms with Gasteiger partial charge in [-0.25, -0.2) is 0 Å². The van der Waals surface area contributed by atoms with Crippen LogP contribution in [0.25, 0.3) is 0 Å². The Bertz CT molecular complexity index is 508. The van der Waals surface area contributed by atoms with Crippen molar-refractivity contribution in [2.75, 3.05) is 5.32 Å². The highest BCUT2D eigenvalue weighted by Crippen LogP contribution is 2.26. The molecule has 0 bridgehead atoms. The van der Waals surface area contributed by atoms with Crippen LogP contribution in [0.5, 0.6) is 0 Å². The van der Waals surface area contributed by atoms with Crippen LogP contribution in [0, 0.1) is 0 Å². The van der Waals surface area contributed by atoms with Gasteiger partial charge in [0, 0.05) is 32.7 Å². The van der Waals surface area contributed by atoms with Gasteiger partial charge in [-0.1, -0.05) is 41.4 Å². The van der Waals surface area contributed by atoms with Crippen LogP contribution in [0.2, 0.25) is 10.0 Å². The van der Waals surface area contributed by atoms with E-state index in [9.17, 15) is 0 Å². The van der Waals surface area contributed by atoms with Crippen molar-refractivity contribution in [2.24, 2.45) is 0 Å². The predicted octanol–water partition coefficient (Wildman–Crippen LogP) is 4.89. The molecule has 0 aliphatic heterocycles. The molecule has 2 rings (SSSR count). The monoisotopic (exact) mass is 283 g/mol. The molecule has 0 aromatic heterocycles. The highest BCUT2D eigenvalue weighted by Gasteiger charge is 2.05. The summed E-state index contributed by atoms with van der Waals surface area (Å²) in [7, 11) is 0. The van der Waals surface area contributed by atoms with Gasteiger partial charge in [0.15, 0.2) is 0 Å². The molecule has 2 aromatic rings. The van der Waals surface area contributed by atoms with Crippen LogP contribution in [-0.4, -0.2) is 0 Å². The minimum absolute atomic E-state index is 0.579. The van der Waals surface area contributed by atoms with E-state index in [0.29, 0.717) is 16.6 Å². The number of nitrogens with one attached hydrogen (secondary N) is 1. The molecule has 4 heteroatoms. The Morgan fingerprint density at radius 2 is 1.59 bits per heavy atom. The fourth-order valence-corrected chi connectivity index (χ4v) is 2.28. The lowest BCUT2D eigenvalue weighted by atomic mass is 10.2. The third kappa shape index (κ3) is 3.09. The lowest BCUT2D eigenvalue weighted by Gasteiger charge is -2.11. The first-order valence-corrected chi connectivity index (χ1v) is 6.33. The summed E-state index contributed by atoms with van der Waals surface area (Å²) in [6.07, 6.45) is 0. The average molecular weight is 284 g/mol. The maximum absolute atomic E-state index is 6.09. The number of anilines is 1. The number of hydrogen-bond acceptors (Lipinski definition) is 2. The predicted molar refractivity (Wildman–Crippen MR) is 77.5 cm³/mol. The third-order valence-electron chi connectivity index (χ3n) is 2.42. The lowest BCUT2D eigenvalue weighted by molar-refractivity contribution is 1.13. The van der Waals surface area contributed by atoms with Gasteiger partial charge in [-0.05, 0) is 24.3 Å². The molecular weight excluding hydrogens is 273 g/mol. The van der Waals surface area contributed by atoms with E-state index in [4.69, 9.17) is 23.2 Å². The summed E-state index contributed by atoms with van der Waals surface area (Å²) in [6, 6.07) is 13.3. The Kier molecular flexibility index (Phi) is 4.21. The molecule has 17 heavy (non-hydrogen) atoms. The number of para-hydroxylation sites is 1. The SMILES string of the molecule is Sc1ccccc1NCc1c(Cl)cccc1Cl. The second-order valence-corrected chi connectivity index (χ2v) is 4.87. The van der Waals surface area contributed by atoms with E-state index in [0.717, 1.165) is 16.1 Å². The van der Waals surface area contributed by atoms with E-state index in [-0.39, 0.29) is 0 Å². The highest BCUT2D eigenvalue weighted by molar-refractivity contribution is 7.80. The van der Waals surface area contributed by atoms with Gasteiger partial charge in [0.25, 0.3) is 0 Å². The van der Waals surface area contributed by atoms with E-state index < -0.39 is 0 Å². The van der Waals surface area contributed by atoms with Crippen molar-refractivity contribution in [3.05, 3.63) is 58.1 Å². The molecule has 88 valence electrons. The Labute approximate surface area is 116 Å². The van der Waals surface area contributed by atoms with Crippen LogP contribution in [0.4, 0.5) is 5.69 Å². The molecule has 1 N–H and O–H groups in total. The summed E-state index contributed by atoms with van der Waals surface area (Å²) in [5, 5.41) is 4.60. The van der Waals surface area contributed by atoms with Gasteiger partial charge in [-0.3, -0.25) is 0 Å². The molecule has 2 aromatic carbocycles. The molecule has 0 saturated carbocycles. The zero-order valence-electron chi connectivity index (χ0n) is 8.95. The summed E-state index contributed by atoms with van der Waals surface area (Å²) < 4.78 is 0. The minimum atomic E-state index is 0.579. The molecule has 0 amide bonds. The standard InChI is InChI=1S/C13H11Cl2NS/c14-10-4-3-5-11(15)9(10)8-16-12-6-1-2-7-13(12)17/h1-7,16-17H,8H2. The largest absolute Gasteiger partial charge is 0.380 e. The van der Waals surface area contributed by atoms with Gasteiger partial charge in [0.2, 0.25) is 0 Å². The second-order valence-electron chi connectivity index (χ2n) is 3.57. The maximum atomic E-state index is 6.09. The van der Waals surface area contributed by atoms with Gasteiger partial charge in [0.1, 0.15) is 0 Å². The zero-order valence-corrected chi connectivity index (χ0v) is 11.4. The Balaban J connectivity index is 2.16. The molecule has 0 unspecified atom stereocenters. The van der Waals surface area contributed by atoms with Gasteiger partial charge >= 0.3 is 0 Å². The third-order valence-corrected chi connectivity index (χ3v) is 3.52. The maximum Gasteiger partial charge on any atom is 0.0478 e. The van der Waals surface area contributed by atoms with Crippen LogP contribution in [0.15, 0.2) is 47.4 Å². The number of thiol groups is 1. The number of benzene rings is 2. The summed E-state index contributed by atoms with van der Waals surface area (Å²) in [6.45, 7) is 0.579. The lowest BCUT2D eigenvalue weighted by Crippen LogP contribution is -2.01. The molecule has 0 aliphatic carbocycles. The van der Waals surface area contributed by atoms with E-state index in [1.54, 1.807) is 0 Å². The minimum Gasteiger partial charge on any atom is -0.380 e. The number of rotatable bonds is 3. The van der Waals surface area contributed by atoms with Crippen molar-refractivity contribution in [3.63, 3.8) is 0 Å². The molecule has 0 saturated heterocycles. The van der Waals surface area contributed by atoms with Crippen LogP contribution < -0.4 is 5.32 Å². The van der Waals surface area contributed by atoms with Crippen molar-refractivity contribution in [2.45, 2.75) is 11.4 Å². The molecular formula is C13H11Cl2NS. The molecule has 0 aliphatic rings. The van der Waals surface area contributed by atoms with Crippen molar-refractivity contribution in [1.82, 2.24) is 0 Å². The molecule has 0 fully saturated rings. The summed E-state index contributed by atoms with van der Waals surface area (Å²) in [5.74, 6) is 0. The van der Waals surface area contributed by atoms with Crippen molar-refractivity contribution in [1.29, 1.82) is 0 Å². The topological polar surface area (TPSA) is 12.0 Å². The first-order valence-electron chi connectivity index (χ1n) is 5.13. The molecule has 0 radical (unpaired) electrons. The summed E-state index contributed by atoms with van der Waals surface area (Å²) >= 11 is 16.6. The Hall–Kier alpha value is -0.830. The molecule has 0 heterocycles. The van der Waals surface area contributed by atoms with Crippen molar-refractivity contribution >= 4 is 41.5 Å². The van der Waals surface area contributed by atoms with Crippen LogP contribution in [0.3, 0.4) is 0 Å². The molecule has 0 atom stereocenters. The molecule has 1 nitrogen and oxygen atoms in total. The van der Waals surface area contributed by atoms with Gasteiger partial charge in [0.05, 0.1) is 0 Å². The van der Waals surface area contributed by atoms with Crippen LogP contribution in [0.1, 0.15) is 5.56 Å². The number of halogens is 2. The summed E-state index contributed by atoms with van der Waals surface area (Å²) in [5.41, 5.74) is 1.86. The average Bonchev–Trinajstić information content (AvgIpc) is 2.30. The van der Waals surface area contributed by atoms with Crippen LogP contribution >= 0.6 is 35.8 Å². The normalized spacial score (nSPS) is 10.3. The van der Waals surface area contributed by atoms with Crippen molar-refractivity contribution in [3.8, 4) is 0 Å². The van der Waals surface area contributed by atoms with E-state index in [1.165, 1.54) is 0 Å². The van der Waals surface area contributed by atoms with Gasteiger partial charge < -0.3 is 5.32 Å². The van der Waals surface area contributed by atoms with E-state index >= 15 is 0 Å². The van der Waals surface area contributed by atoms with Gasteiger partial charge in [-0.2, -0.15) is 0 Å². The quantitative estimate of drug-likeness (QED) is 0.764. The van der Waals surface area contributed by atoms with Gasteiger partial charge in [-0.15, -0.1) is 12.6 Å². The fourth-order valence-electron chi connectivity index (χ4n) is 1.51. The zero-order chi connectivity index (χ0) is 12.3. The summed E-state index contributed by atoms with van der Waals surface area (Å²) in [4.78, 5) is 0.899. The van der Waals surface area contributed by atoms with Crippen molar-refractivity contribution < 1.29 is 0 Å². The number of hydrogen-bond donors (Lipinski definition) is 2. The Morgan fingerprint density at radius 1 is 0.941 bits per heavy atom.